The highest BCUT2D eigenvalue weighted by Crippen LogP contribution is 2.42. The van der Waals surface area contributed by atoms with E-state index < -0.39 is 0 Å². The first kappa shape index (κ1) is 16.2. The molecule has 0 saturated heterocycles. The summed E-state index contributed by atoms with van der Waals surface area (Å²) in [7, 11) is 0. The zero-order valence-corrected chi connectivity index (χ0v) is 14.9. The SMILES string of the molecule is O=C1CC2(CCCCC2)Oc2ccc(-c3nc(-c4ccncc4)no3)cc21. The Morgan fingerprint density at radius 3 is 2.59 bits per heavy atom. The molecule has 5 rings (SSSR count). The van der Waals surface area contributed by atoms with E-state index in [4.69, 9.17) is 9.26 Å². The quantitative estimate of drug-likeness (QED) is 0.670. The second kappa shape index (κ2) is 6.30. The Labute approximate surface area is 156 Å². The lowest BCUT2D eigenvalue weighted by Gasteiger charge is -2.40. The van der Waals surface area contributed by atoms with Gasteiger partial charge in [-0.05, 0) is 56.0 Å². The van der Waals surface area contributed by atoms with Crippen molar-refractivity contribution in [1.29, 1.82) is 0 Å². The van der Waals surface area contributed by atoms with Gasteiger partial charge in [0, 0.05) is 23.5 Å². The number of nitrogens with zero attached hydrogens (tertiary/aromatic N) is 3. The fraction of sp³-hybridized carbons (Fsp3) is 0.333. The predicted octanol–water partition coefficient (Wildman–Crippen LogP) is 4.47. The topological polar surface area (TPSA) is 78.1 Å². The molecular weight excluding hydrogens is 342 g/mol. The molecule has 27 heavy (non-hydrogen) atoms. The number of pyridine rings is 1. The molecule has 1 saturated carbocycles. The lowest BCUT2D eigenvalue weighted by molar-refractivity contribution is 0.0136. The van der Waals surface area contributed by atoms with E-state index in [-0.39, 0.29) is 11.4 Å². The molecule has 3 heterocycles. The van der Waals surface area contributed by atoms with E-state index in [1.165, 1.54) is 6.42 Å². The number of rotatable bonds is 2. The second-order valence-electron chi connectivity index (χ2n) is 7.32. The van der Waals surface area contributed by atoms with E-state index in [0.29, 0.717) is 29.4 Å². The molecule has 0 unspecified atom stereocenters. The standard InChI is InChI=1S/C21H19N3O3/c25-17-13-21(8-2-1-3-9-21)26-18-5-4-15(12-16(17)18)20-23-19(24-27-20)14-6-10-22-11-7-14/h4-7,10-12H,1-3,8-9,13H2. The Balaban J connectivity index is 1.46. The third-order valence-electron chi connectivity index (χ3n) is 5.47. The highest BCUT2D eigenvalue weighted by atomic mass is 16.5. The molecule has 0 bridgehead atoms. The average Bonchev–Trinajstić information content (AvgIpc) is 3.19. The summed E-state index contributed by atoms with van der Waals surface area (Å²) in [4.78, 5) is 21.3. The van der Waals surface area contributed by atoms with E-state index in [9.17, 15) is 4.79 Å². The van der Waals surface area contributed by atoms with Crippen LogP contribution in [0, 0.1) is 0 Å². The van der Waals surface area contributed by atoms with Crippen LogP contribution in [0.5, 0.6) is 5.75 Å². The molecule has 0 radical (unpaired) electrons. The molecule has 0 amide bonds. The monoisotopic (exact) mass is 361 g/mol. The Bertz CT molecular complexity index is 991. The molecule has 6 nitrogen and oxygen atoms in total. The maximum Gasteiger partial charge on any atom is 0.258 e. The van der Waals surface area contributed by atoms with E-state index in [1.807, 2.05) is 24.3 Å². The van der Waals surface area contributed by atoms with Crippen LogP contribution >= 0.6 is 0 Å². The molecule has 2 aliphatic rings. The van der Waals surface area contributed by atoms with Gasteiger partial charge in [0.2, 0.25) is 5.82 Å². The molecular formula is C21H19N3O3. The number of fused-ring (bicyclic) bond motifs is 1. The number of aromatic nitrogens is 3. The van der Waals surface area contributed by atoms with Crippen LogP contribution in [-0.4, -0.2) is 26.5 Å². The number of hydrogen-bond acceptors (Lipinski definition) is 6. The summed E-state index contributed by atoms with van der Waals surface area (Å²) in [6.07, 6.45) is 9.21. The number of carbonyl (C=O) groups is 1. The summed E-state index contributed by atoms with van der Waals surface area (Å²) < 4.78 is 11.7. The first-order valence-electron chi connectivity index (χ1n) is 9.33. The summed E-state index contributed by atoms with van der Waals surface area (Å²) in [5.74, 6) is 1.68. The van der Waals surface area contributed by atoms with E-state index in [1.54, 1.807) is 18.5 Å². The van der Waals surface area contributed by atoms with Crippen LogP contribution in [0.25, 0.3) is 22.8 Å². The van der Waals surface area contributed by atoms with Gasteiger partial charge in [0.05, 0.1) is 12.0 Å². The number of benzene rings is 1. The van der Waals surface area contributed by atoms with Crippen LogP contribution in [0.2, 0.25) is 0 Å². The van der Waals surface area contributed by atoms with Crippen molar-refractivity contribution >= 4 is 5.78 Å². The minimum Gasteiger partial charge on any atom is -0.486 e. The van der Waals surface area contributed by atoms with E-state index in [0.717, 1.165) is 36.8 Å². The summed E-state index contributed by atoms with van der Waals surface area (Å²) >= 11 is 0. The number of Topliss-reactive ketones (excluding diaryl/α,β-unsaturated/α-hetero) is 1. The zero-order chi connectivity index (χ0) is 18.3. The summed E-state index contributed by atoms with van der Waals surface area (Å²) in [5.41, 5.74) is 1.85. The minimum absolute atomic E-state index is 0.133. The van der Waals surface area contributed by atoms with Gasteiger partial charge in [0.1, 0.15) is 11.4 Å². The Hall–Kier alpha value is -3.02. The number of ketones is 1. The van der Waals surface area contributed by atoms with Gasteiger partial charge in [-0.15, -0.1) is 0 Å². The molecule has 1 spiro atoms. The molecule has 0 N–H and O–H groups in total. The summed E-state index contributed by atoms with van der Waals surface area (Å²) in [6.45, 7) is 0. The Morgan fingerprint density at radius 1 is 0.963 bits per heavy atom. The summed E-state index contributed by atoms with van der Waals surface area (Å²) in [6, 6.07) is 9.17. The van der Waals surface area contributed by atoms with Crippen LogP contribution in [0.4, 0.5) is 0 Å². The van der Waals surface area contributed by atoms with Crippen LogP contribution in [0.1, 0.15) is 48.9 Å². The third-order valence-corrected chi connectivity index (χ3v) is 5.47. The van der Waals surface area contributed by atoms with Gasteiger partial charge in [0.15, 0.2) is 5.78 Å². The lowest BCUT2D eigenvalue weighted by Crippen LogP contribution is -2.43. The first-order chi connectivity index (χ1) is 13.2. The first-order valence-corrected chi connectivity index (χ1v) is 9.33. The molecule has 6 heteroatoms. The molecule has 1 fully saturated rings. The van der Waals surface area contributed by atoms with Gasteiger partial charge in [-0.2, -0.15) is 4.98 Å². The fourth-order valence-corrected chi connectivity index (χ4v) is 4.06. The van der Waals surface area contributed by atoms with Crippen molar-refractivity contribution < 1.29 is 14.1 Å². The van der Waals surface area contributed by atoms with Crippen molar-refractivity contribution in [3.05, 3.63) is 48.3 Å². The third kappa shape index (κ3) is 2.91. The smallest absolute Gasteiger partial charge is 0.258 e. The predicted molar refractivity (Wildman–Crippen MR) is 98.4 cm³/mol. The number of carbonyl (C=O) groups excluding carboxylic acids is 1. The van der Waals surface area contributed by atoms with Gasteiger partial charge in [0.25, 0.3) is 5.89 Å². The van der Waals surface area contributed by atoms with Crippen LogP contribution in [0.3, 0.4) is 0 Å². The van der Waals surface area contributed by atoms with Crippen molar-refractivity contribution in [3.63, 3.8) is 0 Å². The van der Waals surface area contributed by atoms with Gasteiger partial charge in [-0.1, -0.05) is 11.6 Å². The molecule has 1 aromatic carbocycles. The number of hydrogen-bond donors (Lipinski definition) is 0. The van der Waals surface area contributed by atoms with Crippen molar-refractivity contribution in [2.45, 2.75) is 44.1 Å². The highest BCUT2D eigenvalue weighted by molar-refractivity contribution is 6.01. The Morgan fingerprint density at radius 2 is 1.78 bits per heavy atom. The maximum atomic E-state index is 12.8. The molecule has 136 valence electrons. The minimum atomic E-state index is -0.303. The van der Waals surface area contributed by atoms with Crippen LogP contribution < -0.4 is 4.74 Å². The summed E-state index contributed by atoms with van der Waals surface area (Å²) in [5, 5.41) is 4.03. The fourth-order valence-electron chi connectivity index (χ4n) is 4.06. The second-order valence-corrected chi connectivity index (χ2v) is 7.32. The average molecular weight is 361 g/mol. The molecule has 3 aromatic rings. The maximum absolute atomic E-state index is 12.8. The van der Waals surface area contributed by atoms with Gasteiger partial charge in [-0.3, -0.25) is 9.78 Å². The normalized spacial score (nSPS) is 18.1. The Kier molecular flexibility index (Phi) is 3.77. The van der Waals surface area contributed by atoms with Crippen molar-refractivity contribution in [2.75, 3.05) is 0 Å². The van der Waals surface area contributed by atoms with Crippen molar-refractivity contribution in [2.24, 2.45) is 0 Å². The van der Waals surface area contributed by atoms with Crippen LogP contribution in [-0.2, 0) is 0 Å². The van der Waals surface area contributed by atoms with Gasteiger partial charge in [-0.25, -0.2) is 0 Å². The molecule has 2 aromatic heterocycles. The lowest BCUT2D eigenvalue weighted by atomic mass is 9.78. The van der Waals surface area contributed by atoms with Gasteiger partial charge < -0.3 is 9.26 Å². The highest BCUT2D eigenvalue weighted by Gasteiger charge is 2.41. The van der Waals surface area contributed by atoms with E-state index in [2.05, 4.69) is 15.1 Å². The molecule has 1 aliphatic heterocycles. The van der Waals surface area contributed by atoms with Gasteiger partial charge >= 0.3 is 0 Å². The largest absolute Gasteiger partial charge is 0.486 e. The molecule has 1 aliphatic carbocycles. The van der Waals surface area contributed by atoms with Crippen LogP contribution in [0.15, 0.2) is 47.2 Å². The molecule has 0 atom stereocenters. The zero-order valence-electron chi connectivity index (χ0n) is 14.9. The number of ether oxygens (including phenoxy) is 1. The van der Waals surface area contributed by atoms with Crippen molar-refractivity contribution in [3.8, 4) is 28.6 Å². The van der Waals surface area contributed by atoms with Crippen molar-refractivity contribution in [1.82, 2.24) is 15.1 Å². The van der Waals surface area contributed by atoms with E-state index >= 15 is 0 Å².